The molecule has 6 heteroatoms. The van der Waals surface area contributed by atoms with Gasteiger partial charge in [-0.3, -0.25) is 4.79 Å². The van der Waals surface area contributed by atoms with Crippen molar-refractivity contribution < 1.29 is 18.7 Å². The predicted molar refractivity (Wildman–Crippen MR) is 87.7 cm³/mol. The SMILES string of the molecule is COC(=O)c1c(C)[nH]c(C(=O)[C@@H](C)Sc2ccccc2F)c1C. The highest BCUT2D eigenvalue weighted by Crippen LogP contribution is 2.29. The number of hydrogen-bond donors (Lipinski definition) is 1. The van der Waals surface area contributed by atoms with Gasteiger partial charge in [0, 0.05) is 10.6 Å². The van der Waals surface area contributed by atoms with E-state index in [1.54, 1.807) is 39.0 Å². The van der Waals surface area contributed by atoms with Gasteiger partial charge in [-0.05, 0) is 38.5 Å². The van der Waals surface area contributed by atoms with Crippen molar-refractivity contribution in [3.63, 3.8) is 0 Å². The maximum atomic E-state index is 13.7. The van der Waals surface area contributed by atoms with Crippen LogP contribution in [0.2, 0.25) is 0 Å². The van der Waals surface area contributed by atoms with Crippen molar-refractivity contribution in [2.75, 3.05) is 7.11 Å². The number of nitrogens with one attached hydrogen (secondary N) is 1. The Morgan fingerprint density at radius 2 is 1.91 bits per heavy atom. The first-order valence-electron chi connectivity index (χ1n) is 7.09. The molecule has 0 spiro atoms. The minimum atomic E-state index is -0.492. The van der Waals surface area contributed by atoms with Crippen molar-refractivity contribution >= 4 is 23.5 Å². The van der Waals surface area contributed by atoms with Crippen LogP contribution in [0.4, 0.5) is 4.39 Å². The fourth-order valence-electron chi connectivity index (χ4n) is 2.39. The average Bonchev–Trinajstić information content (AvgIpc) is 2.82. The first-order valence-corrected chi connectivity index (χ1v) is 7.97. The number of ether oxygens (including phenoxy) is 1. The molecule has 0 saturated heterocycles. The second-order valence-electron chi connectivity index (χ2n) is 5.17. The van der Waals surface area contributed by atoms with Crippen LogP contribution in [0.5, 0.6) is 0 Å². The van der Waals surface area contributed by atoms with E-state index in [4.69, 9.17) is 4.74 Å². The van der Waals surface area contributed by atoms with Crippen LogP contribution in [0.3, 0.4) is 0 Å². The molecule has 4 nitrogen and oxygen atoms in total. The lowest BCUT2D eigenvalue weighted by Gasteiger charge is -2.10. The highest BCUT2D eigenvalue weighted by molar-refractivity contribution is 8.00. The topological polar surface area (TPSA) is 59.2 Å². The average molecular weight is 335 g/mol. The molecule has 0 unspecified atom stereocenters. The van der Waals surface area contributed by atoms with E-state index in [0.717, 1.165) is 11.8 Å². The van der Waals surface area contributed by atoms with E-state index in [2.05, 4.69) is 4.98 Å². The van der Waals surface area contributed by atoms with Crippen LogP contribution in [0, 0.1) is 19.7 Å². The number of aryl methyl sites for hydroxylation is 1. The van der Waals surface area contributed by atoms with Crippen molar-refractivity contribution in [1.29, 1.82) is 0 Å². The molecular weight excluding hydrogens is 317 g/mol. The van der Waals surface area contributed by atoms with Crippen molar-refractivity contribution in [1.82, 2.24) is 4.98 Å². The molecule has 1 heterocycles. The molecular formula is C17H18FNO3S. The smallest absolute Gasteiger partial charge is 0.339 e. The molecule has 0 aliphatic rings. The maximum Gasteiger partial charge on any atom is 0.339 e. The van der Waals surface area contributed by atoms with Gasteiger partial charge in [-0.2, -0.15) is 0 Å². The maximum absolute atomic E-state index is 13.7. The molecule has 1 N–H and O–H groups in total. The van der Waals surface area contributed by atoms with Gasteiger partial charge in [-0.1, -0.05) is 12.1 Å². The van der Waals surface area contributed by atoms with E-state index in [1.807, 2.05) is 0 Å². The third-order valence-electron chi connectivity index (χ3n) is 3.58. The van der Waals surface area contributed by atoms with Crippen molar-refractivity contribution in [2.24, 2.45) is 0 Å². The van der Waals surface area contributed by atoms with Gasteiger partial charge in [0.15, 0.2) is 5.78 Å². The molecule has 0 saturated carbocycles. The Bertz CT molecular complexity index is 754. The molecule has 1 aromatic heterocycles. The van der Waals surface area contributed by atoms with Gasteiger partial charge < -0.3 is 9.72 Å². The van der Waals surface area contributed by atoms with Gasteiger partial charge in [0.2, 0.25) is 0 Å². The molecule has 2 aromatic rings. The summed E-state index contributed by atoms with van der Waals surface area (Å²) < 4.78 is 18.5. The van der Waals surface area contributed by atoms with Gasteiger partial charge in [0.05, 0.1) is 23.6 Å². The second kappa shape index (κ2) is 7.00. The standard InChI is InChI=1S/C17H18FNO3S/c1-9-14(17(21)22-4)10(2)19-15(9)16(20)11(3)23-13-8-6-5-7-12(13)18/h5-8,11,19H,1-4H3/t11-/m1/s1. The minimum absolute atomic E-state index is 0.186. The molecule has 1 aromatic carbocycles. The normalized spacial score (nSPS) is 12.0. The number of carbonyl (C=O) groups is 2. The summed E-state index contributed by atoms with van der Waals surface area (Å²) in [6.07, 6.45) is 0. The van der Waals surface area contributed by atoms with Crippen molar-refractivity contribution in [3.05, 3.63) is 52.6 Å². The first kappa shape index (κ1) is 17.3. The molecule has 0 amide bonds. The van der Waals surface area contributed by atoms with Crippen LogP contribution < -0.4 is 0 Å². The summed E-state index contributed by atoms with van der Waals surface area (Å²) in [4.78, 5) is 27.8. The molecule has 2 rings (SSSR count). The molecule has 0 fully saturated rings. The third kappa shape index (κ3) is 3.47. The number of hydrogen-bond acceptors (Lipinski definition) is 4. The van der Waals surface area contributed by atoms with Gasteiger partial charge in [0.1, 0.15) is 5.82 Å². The zero-order valence-electron chi connectivity index (χ0n) is 13.4. The third-order valence-corrected chi connectivity index (χ3v) is 4.74. The van der Waals surface area contributed by atoms with E-state index >= 15 is 0 Å². The number of halogens is 1. The number of H-pyrrole nitrogens is 1. The lowest BCUT2D eigenvalue weighted by atomic mass is 10.1. The van der Waals surface area contributed by atoms with E-state index in [0.29, 0.717) is 27.4 Å². The lowest BCUT2D eigenvalue weighted by Crippen LogP contribution is -2.15. The highest BCUT2D eigenvalue weighted by atomic mass is 32.2. The monoisotopic (exact) mass is 335 g/mol. The van der Waals surface area contributed by atoms with Crippen LogP contribution >= 0.6 is 11.8 Å². The Morgan fingerprint density at radius 1 is 1.26 bits per heavy atom. The Labute approximate surface area is 138 Å². The van der Waals surface area contributed by atoms with Crippen LogP contribution in [0.1, 0.15) is 39.0 Å². The summed E-state index contributed by atoms with van der Waals surface area (Å²) in [6.45, 7) is 5.13. The van der Waals surface area contributed by atoms with Crippen LogP contribution in [0.25, 0.3) is 0 Å². The summed E-state index contributed by atoms with van der Waals surface area (Å²) in [7, 11) is 1.30. The van der Waals surface area contributed by atoms with E-state index < -0.39 is 11.2 Å². The molecule has 0 aliphatic carbocycles. The number of methoxy groups -OCH3 is 1. The van der Waals surface area contributed by atoms with E-state index in [1.165, 1.54) is 13.2 Å². The van der Waals surface area contributed by atoms with Crippen molar-refractivity contribution in [2.45, 2.75) is 30.9 Å². The summed E-state index contributed by atoms with van der Waals surface area (Å²) >= 11 is 1.15. The molecule has 0 aliphatic heterocycles. The Morgan fingerprint density at radius 3 is 2.52 bits per heavy atom. The van der Waals surface area contributed by atoms with E-state index in [9.17, 15) is 14.0 Å². The number of rotatable bonds is 5. The first-order chi connectivity index (χ1) is 10.9. The van der Waals surface area contributed by atoms with Gasteiger partial charge in [-0.15, -0.1) is 11.8 Å². The van der Waals surface area contributed by atoms with Gasteiger partial charge in [0.25, 0.3) is 0 Å². The Kier molecular flexibility index (Phi) is 5.26. The zero-order chi connectivity index (χ0) is 17.1. The molecule has 1 atom stereocenters. The fraction of sp³-hybridized carbons (Fsp3) is 0.294. The number of benzene rings is 1. The van der Waals surface area contributed by atoms with Gasteiger partial charge >= 0.3 is 5.97 Å². The zero-order valence-corrected chi connectivity index (χ0v) is 14.2. The molecule has 0 bridgehead atoms. The number of esters is 1. The number of aromatic nitrogens is 1. The quantitative estimate of drug-likeness (QED) is 0.511. The summed E-state index contributed by atoms with van der Waals surface area (Å²) in [5.41, 5.74) is 1.87. The molecule has 0 radical (unpaired) electrons. The van der Waals surface area contributed by atoms with Crippen molar-refractivity contribution in [3.8, 4) is 0 Å². The predicted octanol–water partition coefficient (Wildman–Crippen LogP) is 3.92. The Hall–Kier alpha value is -2.08. The lowest BCUT2D eigenvalue weighted by molar-refractivity contribution is 0.0599. The van der Waals surface area contributed by atoms with Crippen LogP contribution in [-0.2, 0) is 4.74 Å². The van der Waals surface area contributed by atoms with Crippen LogP contribution in [-0.4, -0.2) is 29.1 Å². The minimum Gasteiger partial charge on any atom is -0.465 e. The fourth-order valence-corrected chi connectivity index (χ4v) is 3.34. The number of aromatic amines is 1. The highest BCUT2D eigenvalue weighted by Gasteiger charge is 2.26. The Balaban J connectivity index is 2.27. The summed E-state index contributed by atoms with van der Waals surface area (Å²) in [5.74, 6) is -1.02. The number of carbonyl (C=O) groups excluding carboxylic acids is 2. The van der Waals surface area contributed by atoms with Crippen LogP contribution in [0.15, 0.2) is 29.2 Å². The number of Topliss-reactive ketones (excluding diaryl/α,β-unsaturated/α-hetero) is 1. The molecule has 23 heavy (non-hydrogen) atoms. The van der Waals surface area contributed by atoms with Gasteiger partial charge in [-0.25, -0.2) is 9.18 Å². The second-order valence-corrected chi connectivity index (χ2v) is 6.55. The summed E-state index contributed by atoms with van der Waals surface area (Å²) in [6, 6.07) is 6.32. The summed E-state index contributed by atoms with van der Waals surface area (Å²) in [5, 5.41) is -0.492. The number of thioether (sulfide) groups is 1. The van der Waals surface area contributed by atoms with E-state index in [-0.39, 0.29) is 11.6 Å². The largest absolute Gasteiger partial charge is 0.465 e. The number of ketones is 1. The molecule has 122 valence electrons.